The predicted octanol–water partition coefficient (Wildman–Crippen LogP) is 1.89. The van der Waals surface area contributed by atoms with Crippen LogP contribution in [0.3, 0.4) is 0 Å². The van der Waals surface area contributed by atoms with Crippen molar-refractivity contribution < 1.29 is 9.53 Å². The number of pyridine rings is 1. The molecule has 0 aromatic carbocycles. The number of unbranched alkanes of at least 4 members (excludes halogenated alkanes) is 2. The molecule has 0 amide bonds. The minimum Gasteiger partial charge on any atom is -0.461 e. The monoisotopic (exact) mass is 222 g/mol. The van der Waals surface area contributed by atoms with Crippen LogP contribution in [0.4, 0.5) is 0 Å². The summed E-state index contributed by atoms with van der Waals surface area (Å²) in [5, 5.41) is 0. The van der Waals surface area contributed by atoms with Crippen LogP contribution in [0.1, 0.15) is 42.2 Å². The fraction of sp³-hybridized carbons (Fsp3) is 0.500. The standard InChI is InChI=1S/C12H18N2O2/c1-2-3-4-7-16-12(15)11-6-5-10(8-13)9-14-11/h5-6,9H,2-4,7-8,13H2,1H3. The highest BCUT2D eigenvalue weighted by molar-refractivity contribution is 5.87. The van der Waals surface area contributed by atoms with Crippen molar-refractivity contribution in [2.75, 3.05) is 6.61 Å². The molecule has 1 rings (SSSR count). The van der Waals surface area contributed by atoms with Crippen LogP contribution in [0.15, 0.2) is 18.3 Å². The fourth-order valence-corrected chi connectivity index (χ4v) is 1.26. The molecule has 0 radical (unpaired) electrons. The third-order valence-electron chi connectivity index (χ3n) is 2.25. The first-order chi connectivity index (χ1) is 7.77. The Hall–Kier alpha value is -1.42. The number of hydrogen-bond acceptors (Lipinski definition) is 4. The maximum absolute atomic E-state index is 11.5. The Morgan fingerprint density at radius 3 is 2.81 bits per heavy atom. The van der Waals surface area contributed by atoms with Gasteiger partial charge in [-0.2, -0.15) is 0 Å². The average molecular weight is 222 g/mol. The number of esters is 1. The lowest BCUT2D eigenvalue weighted by Crippen LogP contribution is -2.09. The number of hydrogen-bond donors (Lipinski definition) is 1. The van der Waals surface area contributed by atoms with Gasteiger partial charge in [0, 0.05) is 12.7 Å². The zero-order chi connectivity index (χ0) is 11.8. The average Bonchev–Trinajstić information content (AvgIpc) is 2.34. The molecule has 1 aromatic heterocycles. The van der Waals surface area contributed by atoms with Crippen LogP contribution in [0.2, 0.25) is 0 Å². The Labute approximate surface area is 95.8 Å². The van der Waals surface area contributed by atoms with Crippen molar-refractivity contribution in [3.63, 3.8) is 0 Å². The molecule has 0 aliphatic carbocycles. The van der Waals surface area contributed by atoms with Gasteiger partial charge in [-0.1, -0.05) is 25.8 Å². The van der Waals surface area contributed by atoms with E-state index in [-0.39, 0.29) is 5.97 Å². The van der Waals surface area contributed by atoms with Gasteiger partial charge in [-0.15, -0.1) is 0 Å². The van der Waals surface area contributed by atoms with Crippen molar-refractivity contribution in [2.45, 2.75) is 32.7 Å². The fourth-order valence-electron chi connectivity index (χ4n) is 1.26. The summed E-state index contributed by atoms with van der Waals surface area (Å²) in [6, 6.07) is 3.43. The Morgan fingerprint density at radius 1 is 1.44 bits per heavy atom. The van der Waals surface area contributed by atoms with E-state index in [1.54, 1.807) is 18.3 Å². The molecule has 0 aliphatic rings. The van der Waals surface area contributed by atoms with Gasteiger partial charge in [0.15, 0.2) is 0 Å². The summed E-state index contributed by atoms with van der Waals surface area (Å²) in [7, 11) is 0. The molecule has 88 valence electrons. The van der Waals surface area contributed by atoms with Crippen LogP contribution in [0.5, 0.6) is 0 Å². The molecule has 0 spiro atoms. The summed E-state index contributed by atoms with van der Waals surface area (Å²) < 4.78 is 5.07. The number of aromatic nitrogens is 1. The zero-order valence-corrected chi connectivity index (χ0v) is 9.61. The summed E-state index contributed by atoms with van der Waals surface area (Å²) in [4.78, 5) is 15.5. The molecule has 16 heavy (non-hydrogen) atoms. The molecule has 0 saturated heterocycles. The lowest BCUT2D eigenvalue weighted by atomic mass is 10.2. The number of carbonyl (C=O) groups is 1. The highest BCUT2D eigenvalue weighted by Gasteiger charge is 2.07. The molecule has 4 nitrogen and oxygen atoms in total. The van der Waals surface area contributed by atoms with Crippen LogP contribution in [-0.2, 0) is 11.3 Å². The first-order valence-corrected chi connectivity index (χ1v) is 5.60. The molecule has 0 fully saturated rings. The van der Waals surface area contributed by atoms with Gasteiger partial charge in [0.1, 0.15) is 5.69 Å². The molecule has 1 aromatic rings. The maximum atomic E-state index is 11.5. The van der Waals surface area contributed by atoms with Crippen molar-refractivity contribution in [3.8, 4) is 0 Å². The molecule has 1 heterocycles. The summed E-state index contributed by atoms with van der Waals surface area (Å²) in [6.07, 6.45) is 4.69. The van der Waals surface area contributed by atoms with Gasteiger partial charge in [0.05, 0.1) is 6.61 Å². The van der Waals surface area contributed by atoms with Gasteiger partial charge >= 0.3 is 5.97 Å². The molecular weight excluding hydrogens is 204 g/mol. The third kappa shape index (κ3) is 3.98. The Morgan fingerprint density at radius 2 is 2.25 bits per heavy atom. The van der Waals surface area contributed by atoms with Crippen molar-refractivity contribution in [2.24, 2.45) is 5.73 Å². The SMILES string of the molecule is CCCCCOC(=O)c1ccc(CN)cn1. The second-order valence-electron chi connectivity index (χ2n) is 3.60. The third-order valence-corrected chi connectivity index (χ3v) is 2.25. The van der Waals surface area contributed by atoms with Gasteiger partial charge in [0.2, 0.25) is 0 Å². The van der Waals surface area contributed by atoms with E-state index in [1.807, 2.05) is 0 Å². The Bertz CT molecular complexity index is 322. The van der Waals surface area contributed by atoms with E-state index in [4.69, 9.17) is 10.5 Å². The van der Waals surface area contributed by atoms with Gasteiger partial charge in [-0.05, 0) is 18.1 Å². The van der Waals surface area contributed by atoms with Crippen LogP contribution in [0, 0.1) is 0 Å². The number of nitrogens with two attached hydrogens (primary N) is 1. The van der Waals surface area contributed by atoms with Crippen molar-refractivity contribution >= 4 is 5.97 Å². The van der Waals surface area contributed by atoms with Gasteiger partial charge < -0.3 is 10.5 Å². The maximum Gasteiger partial charge on any atom is 0.356 e. The predicted molar refractivity (Wildman–Crippen MR) is 61.9 cm³/mol. The largest absolute Gasteiger partial charge is 0.461 e. The van der Waals surface area contributed by atoms with Gasteiger partial charge in [-0.25, -0.2) is 9.78 Å². The number of carbonyl (C=O) groups excluding carboxylic acids is 1. The smallest absolute Gasteiger partial charge is 0.356 e. The van der Waals surface area contributed by atoms with E-state index in [9.17, 15) is 4.79 Å². The van der Waals surface area contributed by atoms with E-state index in [0.29, 0.717) is 18.8 Å². The Balaban J connectivity index is 2.40. The summed E-state index contributed by atoms with van der Waals surface area (Å²) in [6.45, 7) is 3.00. The van der Waals surface area contributed by atoms with E-state index in [0.717, 1.165) is 24.8 Å². The van der Waals surface area contributed by atoms with Crippen LogP contribution >= 0.6 is 0 Å². The second-order valence-corrected chi connectivity index (χ2v) is 3.60. The minimum absolute atomic E-state index is 0.341. The van der Waals surface area contributed by atoms with Gasteiger partial charge in [0.25, 0.3) is 0 Å². The topological polar surface area (TPSA) is 65.2 Å². The number of rotatable bonds is 6. The number of ether oxygens (including phenoxy) is 1. The zero-order valence-electron chi connectivity index (χ0n) is 9.61. The summed E-state index contributed by atoms with van der Waals surface area (Å²) in [5.74, 6) is -0.361. The summed E-state index contributed by atoms with van der Waals surface area (Å²) in [5.41, 5.74) is 6.68. The first kappa shape index (κ1) is 12.6. The van der Waals surface area contributed by atoms with E-state index < -0.39 is 0 Å². The lowest BCUT2D eigenvalue weighted by molar-refractivity contribution is 0.0491. The second kappa shape index (κ2) is 6.95. The highest BCUT2D eigenvalue weighted by Crippen LogP contribution is 2.02. The molecular formula is C12H18N2O2. The van der Waals surface area contributed by atoms with E-state index in [1.165, 1.54) is 0 Å². The van der Waals surface area contributed by atoms with Crippen LogP contribution in [-0.4, -0.2) is 17.6 Å². The van der Waals surface area contributed by atoms with Crippen molar-refractivity contribution in [1.29, 1.82) is 0 Å². The molecule has 0 saturated carbocycles. The molecule has 0 aliphatic heterocycles. The normalized spacial score (nSPS) is 10.1. The van der Waals surface area contributed by atoms with Crippen molar-refractivity contribution in [3.05, 3.63) is 29.6 Å². The lowest BCUT2D eigenvalue weighted by Gasteiger charge is -2.04. The van der Waals surface area contributed by atoms with E-state index in [2.05, 4.69) is 11.9 Å². The molecule has 0 bridgehead atoms. The Kier molecular flexibility index (Phi) is 5.50. The minimum atomic E-state index is -0.361. The first-order valence-electron chi connectivity index (χ1n) is 5.60. The van der Waals surface area contributed by atoms with Gasteiger partial charge in [-0.3, -0.25) is 0 Å². The number of nitrogens with zero attached hydrogens (tertiary/aromatic N) is 1. The van der Waals surface area contributed by atoms with Crippen LogP contribution < -0.4 is 5.73 Å². The van der Waals surface area contributed by atoms with Crippen molar-refractivity contribution in [1.82, 2.24) is 4.98 Å². The highest BCUT2D eigenvalue weighted by atomic mass is 16.5. The molecule has 2 N–H and O–H groups in total. The quantitative estimate of drug-likeness (QED) is 0.589. The van der Waals surface area contributed by atoms with Crippen LogP contribution in [0.25, 0.3) is 0 Å². The molecule has 4 heteroatoms. The summed E-state index contributed by atoms with van der Waals surface area (Å²) >= 11 is 0. The van der Waals surface area contributed by atoms with E-state index >= 15 is 0 Å². The molecule has 0 unspecified atom stereocenters. The molecule has 0 atom stereocenters.